The summed E-state index contributed by atoms with van der Waals surface area (Å²) in [6.07, 6.45) is 0. The zero-order chi connectivity index (χ0) is 39.2. The molecule has 1 aliphatic carbocycles. The first-order valence-electron chi connectivity index (χ1n) is 20.6. The Bertz CT molecular complexity index is 3440. The average molecular weight is 753 g/mol. The van der Waals surface area contributed by atoms with Gasteiger partial charge in [-0.25, -0.2) is 0 Å². The van der Waals surface area contributed by atoms with E-state index in [4.69, 9.17) is 0 Å². The third-order valence-corrected chi connectivity index (χ3v) is 12.9. The van der Waals surface area contributed by atoms with Crippen LogP contribution < -0.4 is 0 Å². The van der Waals surface area contributed by atoms with E-state index in [2.05, 4.69) is 229 Å². The first-order chi connectivity index (χ1) is 29.0. The molecule has 0 atom stereocenters. The molecule has 0 spiro atoms. The number of hydrogen-bond donors (Lipinski definition) is 0. The van der Waals surface area contributed by atoms with Crippen molar-refractivity contribution >= 4 is 43.6 Å². The standard InChI is InChI=1S/C57H40N2/c1-57(2)50-22-11-9-20-45(50)47-30-33-54-55(56(47)57)49-36-42(27-32-53(49)58(54)43-28-24-39(25-29-43)37-14-5-3-6-15-37)41-26-31-52-48(35-41)46-21-10-12-23-51(46)59(52)44-19-13-18-40(34-44)38-16-7-4-8-17-38/h3-36H,1-2H3. The van der Waals surface area contributed by atoms with E-state index in [0.717, 1.165) is 11.4 Å². The number of para-hydroxylation sites is 1. The Labute approximate surface area is 343 Å². The van der Waals surface area contributed by atoms with Crippen molar-refractivity contribution in [3.8, 4) is 55.9 Å². The van der Waals surface area contributed by atoms with Crippen LogP contribution >= 0.6 is 0 Å². The number of aromatic nitrogens is 2. The maximum Gasteiger partial charge on any atom is 0.0544 e. The molecular weight excluding hydrogens is 713 g/mol. The molecule has 0 bridgehead atoms. The summed E-state index contributed by atoms with van der Waals surface area (Å²) in [4.78, 5) is 0. The van der Waals surface area contributed by atoms with E-state index in [9.17, 15) is 0 Å². The second-order valence-electron chi connectivity index (χ2n) is 16.5. The first-order valence-corrected chi connectivity index (χ1v) is 20.6. The molecule has 0 saturated carbocycles. The highest BCUT2D eigenvalue weighted by atomic mass is 15.0. The first kappa shape index (κ1) is 33.7. The number of fused-ring (bicyclic) bond motifs is 10. The summed E-state index contributed by atoms with van der Waals surface area (Å²) >= 11 is 0. The van der Waals surface area contributed by atoms with Gasteiger partial charge in [0, 0.05) is 38.3 Å². The van der Waals surface area contributed by atoms with Gasteiger partial charge in [0.2, 0.25) is 0 Å². The Morgan fingerprint density at radius 2 is 0.847 bits per heavy atom. The van der Waals surface area contributed by atoms with Crippen molar-refractivity contribution in [3.05, 3.63) is 217 Å². The zero-order valence-electron chi connectivity index (χ0n) is 33.0. The fraction of sp³-hybridized carbons (Fsp3) is 0.0526. The van der Waals surface area contributed by atoms with E-state index in [1.807, 2.05) is 0 Å². The normalized spacial score (nSPS) is 13.1. The lowest BCUT2D eigenvalue weighted by Gasteiger charge is -2.22. The molecule has 0 N–H and O–H groups in total. The Kier molecular flexibility index (Phi) is 7.31. The van der Waals surface area contributed by atoms with E-state index in [-0.39, 0.29) is 5.41 Å². The van der Waals surface area contributed by atoms with E-state index in [0.29, 0.717) is 0 Å². The van der Waals surface area contributed by atoms with Crippen molar-refractivity contribution in [3.63, 3.8) is 0 Å². The molecule has 9 aromatic carbocycles. The SMILES string of the molecule is CC1(C)c2ccccc2-c2ccc3c(c21)c1cc(-c2ccc4c(c2)c2ccccc2n4-c2cccc(-c4ccccc4)c2)ccc1n3-c1ccc(-c2ccccc2)cc1. The van der Waals surface area contributed by atoms with E-state index < -0.39 is 0 Å². The molecule has 0 fully saturated rings. The summed E-state index contributed by atoms with van der Waals surface area (Å²) in [7, 11) is 0. The molecule has 11 aromatic rings. The Balaban J connectivity index is 1.06. The van der Waals surface area contributed by atoms with Crippen LogP contribution in [0.4, 0.5) is 0 Å². The van der Waals surface area contributed by atoms with Gasteiger partial charge in [-0.15, -0.1) is 0 Å². The second-order valence-corrected chi connectivity index (χ2v) is 16.5. The minimum Gasteiger partial charge on any atom is -0.309 e. The Morgan fingerprint density at radius 1 is 0.322 bits per heavy atom. The maximum atomic E-state index is 2.48. The lowest BCUT2D eigenvalue weighted by atomic mass is 9.80. The topological polar surface area (TPSA) is 9.86 Å². The monoisotopic (exact) mass is 752 g/mol. The largest absolute Gasteiger partial charge is 0.309 e. The smallest absolute Gasteiger partial charge is 0.0544 e. The predicted octanol–water partition coefficient (Wildman–Crippen LogP) is 15.2. The third-order valence-electron chi connectivity index (χ3n) is 12.9. The molecule has 2 heterocycles. The number of benzene rings is 9. The molecule has 0 saturated heterocycles. The minimum atomic E-state index is -0.156. The molecule has 0 unspecified atom stereocenters. The van der Waals surface area contributed by atoms with E-state index in [1.54, 1.807) is 0 Å². The van der Waals surface area contributed by atoms with Crippen LogP contribution in [0.2, 0.25) is 0 Å². The van der Waals surface area contributed by atoms with Gasteiger partial charge in [-0.1, -0.05) is 159 Å². The maximum absolute atomic E-state index is 2.48. The van der Waals surface area contributed by atoms with Crippen LogP contribution in [0.3, 0.4) is 0 Å². The van der Waals surface area contributed by atoms with Gasteiger partial charge in [0.25, 0.3) is 0 Å². The lowest BCUT2D eigenvalue weighted by molar-refractivity contribution is 0.666. The molecule has 278 valence electrons. The van der Waals surface area contributed by atoms with Crippen molar-refractivity contribution in [2.24, 2.45) is 0 Å². The van der Waals surface area contributed by atoms with Crippen molar-refractivity contribution in [2.75, 3.05) is 0 Å². The summed E-state index contributed by atoms with van der Waals surface area (Å²) < 4.78 is 4.90. The fourth-order valence-electron chi connectivity index (χ4n) is 10.2. The quantitative estimate of drug-likeness (QED) is 0.166. The van der Waals surface area contributed by atoms with Gasteiger partial charge >= 0.3 is 0 Å². The summed E-state index contributed by atoms with van der Waals surface area (Å²) in [5.74, 6) is 0. The van der Waals surface area contributed by atoms with Crippen molar-refractivity contribution < 1.29 is 0 Å². The number of hydrogen-bond acceptors (Lipinski definition) is 0. The van der Waals surface area contributed by atoms with E-state index >= 15 is 0 Å². The molecule has 1 aliphatic rings. The molecule has 59 heavy (non-hydrogen) atoms. The van der Waals surface area contributed by atoms with Crippen LogP contribution in [0.5, 0.6) is 0 Å². The zero-order valence-corrected chi connectivity index (χ0v) is 33.0. The van der Waals surface area contributed by atoms with Gasteiger partial charge in [0.05, 0.1) is 22.1 Å². The van der Waals surface area contributed by atoms with Crippen LogP contribution in [-0.4, -0.2) is 9.13 Å². The Hall–Kier alpha value is -7.42. The van der Waals surface area contributed by atoms with Crippen molar-refractivity contribution in [2.45, 2.75) is 19.3 Å². The molecule has 2 nitrogen and oxygen atoms in total. The van der Waals surface area contributed by atoms with Crippen LogP contribution in [0.1, 0.15) is 25.0 Å². The van der Waals surface area contributed by atoms with Crippen molar-refractivity contribution in [1.82, 2.24) is 9.13 Å². The average Bonchev–Trinajstić information content (AvgIpc) is 3.89. The predicted molar refractivity (Wildman–Crippen MR) is 249 cm³/mol. The molecular formula is C57H40N2. The van der Waals surface area contributed by atoms with Gasteiger partial charge < -0.3 is 9.13 Å². The van der Waals surface area contributed by atoms with Crippen molar-refractivity contribution in [1.29, 1.82) is 0 Å². The molecule has 0 aliphatic heterocycles. The summed E-state index contributed by atoms with van der Waals surface area (Å²) in [6, 6.07) is 75.9. The van der Waals surface area contributed by atoms with Crippen LogP contribution in [-0.2, 0) is 5.41 Å². The highest BCUT2D eigenvalue weighted by molar-refractivity contribution is 6.16. The van der Waals surface area contributed by atoms with Crippen LogP contribution in [0.15, 0.2) is 206 Å². The minimum absolute atomic E-state index is 0.156. The highest BCUT2D eigenvalue weighted by Crippen LogP contribution is 2.53. The summed E-state index contributed by atoms with van der Waals surface area (Å²) in [5, 5.41) is 5.12. The Morgan fingerprint density at radius 3 is 1.61 bits per heavy atom. The summed E-state index contributed by atoms with van der Waals surface area (Å²) in [5.41, 5.74) is 19.8. The van der Waals surface area contributed by atoms with Gasteiger partial charge in [-0.3, -0.25) is 0 Å². The van der Waals surface area contributed by atoms with Gasteiger partial charge in [-0.05, 0) is 116 Å². The molecule has 0 radical (unpaired) electrons. The molecule has 2 aromatic heterocycles. The fourth-order valence-corrected chi connectivity index (χ4v) is 10.2. The number of nitrogens with zero attached hydrogens (tertiary/aromatic N) is 2. The van der Waals surface area contributed by atoms with Crippen LogP contribution in [0.25, 0.3) is 99.5 Å². The number of rotatable bonds is 5. The summed E-state index contributed by atoms with van der Waals surface area (Å²) in [6.45, 7) is 4.80. The molecule has 12 rings (SSSR count). The molecule has 2 heteroatoms. The van der Waals surface area contributed by atoms with Gasteiger partial charge in [0.15, 0.2) is 0 Å². The van der Waals surface area contributed by atoms with Gasteiger partial charge in [-0.2, -0.15) is 0 Å². The van der Waals surface area contributed by atoms with Crippen LogP contribution in [0, 0.1) is 0 Å². The lowest BCUT2D eigenvalue weighted by Crippen LogP contribution is -2.15. The van der Waals surface area contributed by atoms with Gasteiger partial charge in [0.1, 0.15) is 0 Å². The van der Waals surface area contributed by atoms with E-state index in [1.165, 1.54) is 99.2 Å². The highest BCUT2D eigenvalue weighted by Gasteiger charge is 2.38. The third kappa shape index (κ3) is 5.06. The molecule has 0 amide bonds. The second kappa shape index (κ2) is 12.8.